The highest BCUT2D eigenvalue weighted by Crippen LogP contribution is 2.29. The molecule has 2 N–H and O–H groups in total. The number of ether oxygens (including phenoxy) is 2. The van der Waals surface area contributed by atoms with E-state index in [9.17, 15) is 8.42 Å². The van der Waals surface area contributed by atoms with E-state index < -0.39 is 16.7 Å². The van der Waals surface area contributed by atoms with Crippen LogP contribution in [0.5, 0.6) is 11.5 Å². The maximum Gasteiger partial charge on any atom is 0.161 e. The highest BCUT2D eigenvalue weighted by molar-refractivity contribution is 7.72. The highest BCUT2D eigenvalue weighted by atomic mass is 32.2. The van der Waals surface area contributed by atoms with E-state index in [1.807, 2.05) is 6.92 Å². The number of benzene rings is 1. The van der Waals surface area contributed by atoms with Gasteiger partial charge in [0.2, 0.25) is 0 Å². The molecule has 0 bridgehead atoms. The highest BCUT2D eigenvalue weighted by Gasteiger charge is 2.11. The summed E-state index contributed by atoms with van der Waals surface area (Å²) in [5.41, 5.74) is 6.49. The summed E-state index contributed by atoms with van der Waals surface area (Å²) in [5, 5.41) is 0. The van der Waals surface area contributed by atoms with Crippen LogP contribution < -0.4 is 15.2 Å². The molecular weight excluding hydrogens is 242 g/mol. The number of hydrogen-bond acceptors (Lipinski definition) is 5. The van der Waals surface area contributed by atoms with Gasteiger partial charge in [0, 0.05) is 6.04 Å². The van der Waals surface area contributed by atoms with Gasteiger partial charge in [-0.2, -0.15) is 0 Å². The summed E-state index contributed by atoms with van der Waals surface area (Å²) in [5.74, 6) is 1.10. The molecule has 17 heavy (non-hydrogen) atoms. The molecule has 0 saturated carbocycles. The normalized spacial score (nSPS) is 12.5. The third-order valence-electron chi connectivity index (χ3n) is 2.26. The molecule has 5 nitrogen and oxygen atoms in total. The number of rotatable bonds is 6. The predicted molar refractivity (Wildman–Crippen MR) is 66.3 cm³/mol. The van der Waals surface area contributed by atoms with Crippen molar-refractivity contribution in [3.63, 3.8) is 0 Å². The number of hydrogen-bond donors (Lipinski definition) is 2. The second-order valence-corrected chi connectivity index (χ2v) is 4.50. The fraction of sp³-hybridized carbons (Fsp3) is 0.455. The molecule has 1 aromatic rings. The summed E-state index contributed by atoms with van der Waals surface area (Å²) in [6.45, 7) is 2.37. The Kier molecular flexibility index (Phi) is 5.24. The van der Waals surface area contributed by atoms with Crippen LogP contribution in [0.4, 0.5) is 0 Å². The van der Waals surface area contributed by atoms with Crippen molar-refractivity contribution in [3.05, 3.63) is 23.8 Å². The Morgan fingerprint density at radius 3 is 2.59 bits per heavy atom. The van der Waals surface area contributed by atoms with Crippen LogP contribution >= 0.6 is 0 Å². The van der Waals surface area contributed by atoms with Gasteiger partial charge in [-0.25, -0.2) is 8.42 Å². The molecule has 0 aromatic heterocycles. The van der Waals surface area contributed by atoms with E-state index in [2.05, 4.69) is 0 Å². The second-order valence-electron chi connectivity index (χ2n) is 3.47. The number of nitrogens with two attached hydrogens (primary N) is 1. The lowest BCUT2D eigenvalue weighted by molar-refractivity contribution is 0.310. The Labute approximate surface area is 102 Å². The predicted octanol–water partition coefficient (Wildman–Crippen LogP) is 0.705. The molecule has 0 aliphatic heterocycles. The minimum atomic E-state index is -2.49. The van der Waals surface area contributed by atoms with Crippen LogP contribution in [-0.4, -0.2) is 27.9 Å². The van der Waals surface area contributed by atoms with Crippen molar-refractivity contribution in [3.8, 4) is 11.5 Å². The van der Waals surface area contributed by atoms with Crippen molar-refractivity contribution < 1.29 is 17.9 Å². The average Bonchev–Trinajstić information content (AvgIpc) is 2.28. The average molecular weight is 259 g/mol. The molecule has 1 rings (SSSR count). The van der Waals surface area contributed by atoms with Crippen LogP contribution in [0.15, 0.2) is 18.2 Å². The Morgan fingerprint density at radius 1 is 1.35 bits per heavy atom. The first-order valence-electron chi connectivity index (χ1n) is 5.26. The molecule has 96 valence electrons. The first kappa shape index (κ1) is 13.8. The lowest BCUT2D eigenvalue weighted by Gasteiger charge is -2.13. The van der Waals surface area contributed by atoms with Gasteiger partial charge in [-0.05, 0) is 24.6 Å². The number of methoxy groups -OCH3 is 1. The van der Waals surface area contributed by atoms with Gasteiger partial charge < -0.3 is 15.2 Å². The largest absolute Gasteiger partial charge is 0.493 e. The molecule has 0 saturated heterocycles. The molecular formula is C11H17NO4S. The van der Waals surface area contributed by atoms with E-state index in [1.54, 1.807) is 25.3 Å². The molecule has 1 aromatic carbocycles. The van der Waals surface area contributed by atoms with Crippen molar-refractivity contribution in [2.45, 2.75) is 13.0 Å². The first-order chi connectivity index (χ1) is 8.08. The van der Waals surface area contributed by atoms with E-state index in [-0.39, 0.29) is 5.75 Å². The Morgan fingerprint density at radius 2 is 2.06 bits per heavy atom. The van der Waals surface area contributed by atoms with Gasteiger partial charge in [-0.3, -0.25) is 0 Å². The molecule has 0 heterocycles. The Hall–Kier alpha value is -1.27. The topological polar surface area (TPSA) is 78.6 Å². The molecule has 0 aliphatic carbocycles. The zero-order valence-corrected chi connectivity index (χ0v) is 10.8. The van der Waals surface area contributed by atoms with Crippen molar-refractivity contribution in [1.29, 1.82) is 0 Å². The van der Waals surface area contributed by atoms with Crippen LogP contribution in [0, 0.1) is 0 Å². The van der Waals surface area contributed by atoms with Gasteiger partial charge in [-0.1, -0.05) is 6.07 Å². The van der Waals surface area contributed by atoms with Crippen LogP contribution in [0.3, 0.4) is 0 Å². The molecule has 0 aliphatic rings. The molecule has 1 atom stereocenters. The quantitative estimate of drug-likeness (QED) is 0.735. The smallest absolute Gasteiger partial charge is 0.161 e. The molecule has 0 amide bonds. The Bertz CT molecular complexity index is 437. The van der Waals surface area contributed by atoms with Crippen LogP contribution in [0.1, 0.15) is 18.5 Å². The van der Waals surface area contributed by atoms with Crippen molar-refractivity contribution in [1.82, 2.24) is 0 Å². The van der Waals surface area contributed by atoms with E-state index in [0.29, 0.717) is 23.7 Å². The van der Waals surface area contributed by atoms with Gasteiger partial charge in [0.25, 0.3) is 0 Å². The SMILES string of the molecule is CCOc1cc([C@H](N)C[SH](=O)=O)ccc1OC. The molecule has 0 radical (unpaired) electrons. The van der Waals surface area contributed by atoms with Gasteiger partial charge in [0.1, 0.15) is 10.7 Å². The maximum atomic E-state index is 10.6. The standard InChI is InChI=1S/C11H17NO4S/c1-3-16-11-6-8(4-5-10(11)15-2)9(12)7-17(13)14/h4-6,9,17H,3,7,12H2,1-2H3/t9-/m1/s1. The first-order valence-corrected chi connectivity index (χ1v) is 6.62. The van der Waals surface area contributed by atoms with Crippen molar-refractivity contribution in [2.24, 2.45) is 5.73 Å². The van der Waals surface area contributed by atoms with Gasteiger partial charge >= 0.3 is 0 Å². The third-order valence-corrected chi connectivity index (χ3v) is 2.95. The summed E-state index contributed by atoms with van der Waals surface area (Å²) in [6.07, 6.45) is 0. The number of thiol groups is 1. The van der Waals surface area contributed by atoms with Crippen LogP contribution in [0.25, 0.3) is 0 Å². The van der Waals surface area contributed by atoms with E-state index in [4.69, 9.17) is 15.2 Å². The van der Waals surface area contributed by atoms with Crippen LogP contribution in [-0.2, 0) is 10.7 Å². The summed E-state index contributed by atoms with van der Waals surface area (Å²) in [4.78, 5) is 0. The fourth-order valence-electron chi connectivity index (χ4n) is 1.46. The van der Waals surface area contributed by atoms with E-state index in [0.717, 1.165) is 0 Å². The lowest BCUT2D eigenvalue weighted by atomic mass is 10.1. The summed E-state index contributed by atoms with van der Waals surface area (Å²) < 4.78 is 31.8. The minimum absolute atomic E-state index is 0.0762. The van der Waals surface area contributed by atoms with Crippen molar-refractivity contribution in [2.75, 3.05) is 19.5 Å². The lowest BCUT2D eigenvalue weighted by Crippen LogP contribution is -2.16. The van der Waals surface area contributed by atoms with Crippen LogP contribution in [0.2, 0.25) is 0 Å². The zero-order chi connectivity index (χ0) is 12.8. The summed E-state index contributed by atoms with van der Waals surface area (Å²) in [6, 6.07) is 4.63. The summed E-state index contributed by atoms with van der Waals surface area (Å²) in [7, 11) is -0.942. The fourth-order valence-corrected chi connectivity index (χ4v) is 1.99. The van der Waals surface area contributed by atoms with E-state index >= 15 is 0 Å². The Balaban J connectivity index is 2.98. The van der Waals surface area contributed by atoms with E-state index in [1.165, 1.54) is 0 Å². The molecule has 0 unspecified atom stereocenters. The second kappa shape index (κ2) is 6.46. The zero-order valence-electron chi connectivity index (χ0n) is 9.88. The van der Waals surface area contributed by atoms with Gasteiger partial charge in [-0.15, -0.1) is 0 Å². The van der Waals surface area contributed by atoms with Crippen molar-refractivity contribution >= 4 is 10.7 Å². The third kappa shape index (κ3) is 3.90. The molecule has 0 spiro atoms. The molecule has 0 fully saturated rings. The van der Waals surface area contributed by atoms with Gasteiger partial charge in [0.05, 0.1) is 19.5 Å². The summed E-state index contributed by atoms with van der Waals surface area (Å²) >= 11 is 0. The van der Waals surface area contributed by atoms with Gasteiger partial charge in [0.15, 0.2) is 11.5 Å². The minimum Gasteiger partial charge on any atom is -0.493 e. The maximum absolute atomic E-state index is 10.6. The monoisotopic (exact) mass is 259 g/mol. The molecule has 6 heteroatoms.